The highest BCUT2D eigenvalue weighted by atomic mass is 16.5. The molecule has 0 spiro atoms. The Balaban J connectivity index is 2.00. The second-order valence-corrected chi connectivity index (χ2v) is 3.27. The Hall–Kier alpha value is -0.570. The van der Waals surface area contributed by atoms with Crippen LogP contribution in [0.3, 0.4) is 0 Å². The van der Waals surface area contributed by atoms with E-state index in [2.05, 4.69) is 6.92 Å². The van der Waals surface area contributed by atoms with Crippen LogP contribution in [-0.2, 0) is 9.53 Å². The van der Waals surface area contributed by atoms with Gasteiger partial charge >= 0.3 is 0 Å². The summed E-state index contributed by atoms with van der Waals surface area (Å²) in [5.41, 5.74) is 5.23. The molecule has 1 rings (SSSR count). The summed E-state index contributed by atoms with van der Waals surface area (Å²) >= 11 is 0. The number of carbonyl (C=O) groups excluding carboxylic acids is 1. The van der Waals surface area contributed by atoms with Crippen molar-refractivity contribution in [1.82, 2.24) is 0 Å². The van der Waals surface area contributed by atoms with Crippen LogP contribution in [0.1, 0.15) is 19.8 Å². The quantitative estimate of drug-likeness (QED) is 0.615. The summed E-state index contributed by atoms with van der Waals surface area (Å²) in [6.45, 7) is 2.89. The van der Waals surface area contributed by atoms with Crippen molar-refractivity contribution < 1.29 is 9.53 Å². The molecule has 0 unspecified atom stereocenters. The topological polar surface area (TPSA) is 52.3 Å². The molecular weight excluding hydrogens is 130 g/mol. The van der Waals surface area contributed by atoms with Crippen molar-refractivity contribution >= 4 is 5.91 Å². The van der Waals surface area contributed by atoms with E-state index in [4.69, 9.17) is 10.5 Å². The number of amides is 1. The van der Waals surface area contributed by atoms with Crippen molar-refractivity contribution in [3.8, 4) is 0 Å². The highest BCUT2D eigenvalue weighted by Gasteiger charge is 2.37. The van der Waals surface area contributed by atoms with Gasteiger partial charge in [0.15, 0.2) is 0 Å². The van der Waals surface area contributed by atoms with Crippen LogP contribution in [0.5, 0.6) is 0 Å². The summed E-state index contributed by atoms with van der Waals surface area (Å²) in [5.74, 6) is -0.385. The van der Waals surface area contributed by atoms with E-state index in [1.54, 1.807) is 0 Å². The van der Waals surface area contributed by atoms with Gasteiger partial charge in [0.1, 0.15) is 6.61 Å². The predicted octanol–water partition coefficient (Wildman–Crippen LogP) is 0.288. The average molecular weight is 143 g/mol. The highest BCUT2D eigenvalue weighted by molar-refractivity contribution is 5.74. The lowest BCUT2D eigenvalue weighted by molar-refractivity contribution is -0.123. The normalized spacial score (nSPS) is 20.5. The lowest BCUT2D eigenvalue weighted by Gasteiger charge is -2.06. The maximum atomic E-state index is 10.2. The van der Waals surface area contributed by atoms with Crippen LogP contribution in [0.25, 0.3) is 0 Å². The predicted molar refractivity (Wildman–Crippen MR) is 37.4 cm³/mol. The number of carbonyl (C=O) groups is 1. The second-order valence-electron chi connectivity index (χ2n) is 3.27. The van der Waals surface area contributed by atoms with E-state index < -0.39 is 0 Å². The van der Waals surface area contributed by atoms with Crippen molar-refractivity contribution in [1.29, 1.82) is 0 Å². The third-order valence-electron chi connectivity index (χ3n) is 1.80. The molecule has 0 heterocycles. The van der Waals surface area contributed by atoms with Crippen molar-refractivity contribution in [3.05, 3.63) is 0 Å². The van der Waals surface area contributed by atoms with Crippen LogP contribution in [0.4, 0.5) is 0 Å². The summed E-state index contributed by atoms with van der Waals surface area (Å²) < 4.78 is 5.05. The fourth-order valence-corrected chi connectivity index (χ4v) is 0.756. The summed E-state index contributed by atoms with van der Waals surface area (Å²) in [5, 5.41) is 0. The Kier molecular flexibility index (Phi) is 1.94. The van der Waals surface area contributed by atoms with Crippen molar-refractivity contribution in [2.75, 3.05) is 13.2 Å². The molecule has 0 aliphatic heterocycles. The van der Waals surface area contributed by atoms with Gasteiger partial charge in [-0.1, -0.05) is 6.92 Å². The number of hydrogen-bond donors (Lipinski definition) is 1. The first-order valence-corrected chi connectivity index (χ1v) is 3.48. The maximum Gasteiger partial charge on any atom is 0.243 e. The Bertz CT molecular complexity index is 141. The first-order chi connectivity index (χ1) is 4.62. The smallest absolute Gasteiger partial charge is 0.243 e. The molecular formula is C7H13NO2. The van der Waals surface area contributed by atoms with Gasteiger partial charge in [-0.3, -0.25) is 4.79 Å². The minimum atomic E-state index is -0.385. The summed E-state index contributed by atoms with van der Waals surface area (Å²) in [6.07, 6.45) is 2.43. The molecule has 3 nitrogen and oxygen atoms in total. The summed E-state index contributed by atoms with van der Waals surface area (Å²) in [6, 6.07) is 0. The minimum absolute atomic E-state index is 0.0651. The zero-order valence-corrected chi connectivity index (χ0v) is 6.22. The van der Waals surface area contributed by atoms with Gasteiger partial charge in [-0.15, -0.1) is 0 Å². The van der Waals surface area contributed by atoms with Crippen LogP contribution >= 0.6 is 0 Å². The van der Waals surface area contributed by atoms with Gasteiger partial charge in [-0.05, 0) is 18.3 Å². The zero-order valence-electron chi connectivity index (χ0n) is 6.22. The second kappa shape index (κ2) is 2.58. The molecule has 1 fully saturated rings. The lowest BCUT2D eigenvalue weighted by atomic mass is 10.2. The highest BCUT2D eigenvalue weighted by Crippen LogP contribution is 2.44. The van der Waals surface area contributed by atoms with Crippen LogP contribution in [0.15, 0.2) is 0 Å². The van der Waals surface area contributed by atoms with Gasteiger partial charge in [0.25, 0.3) is 0 Å². The van der Waals surface area contributed by atoms with Crippen molar-refractivity contribution in [3.63, 3.8) is 0 Å². The standard InChI is InChI=1S/C7H13NO2/c1-7(2-3-7)5-10-4-6(8)9/h2-5H2,1H3,(H2,8,9). The third kappa shape index (κ3) is 2.35. The van der Waals surface area contributed by atoms with Crippen LogP contribution < -0.4 is 5.73 Å². The Morgan fingerprint density at radius 2 is 2.30 bits per heavy atom. The van der Waals surface area contributed by atoms with E-state index >= 15 is 0 Å². The van der Waals surface area contributed by atoms with Crippen molar-refractivity contribution in [2.24, 2.45) is 11.1 Å². The fraction of sp³-hybridized carbons (Fsp3) is 0.857. The van der Waals surface area contributed by atoms with Gasteiger partial charge in [-0.2, -0.15) is 0 Å². The molecule has 1 saturated carbocycles. The summed E-state index contributed by atoms with van der Waals surface area (Å²) in [4.78, 5) is 10.2. The molecule has 0 aromatic rings. The van der Waals surface area contributed by atoms with Crippen LogP contribution in [0.2, 0.25) is 0 Å². The molecule has 1 amide bonds. The maximum absolute atomic E-state index is 10.2. The van der Waals surface area contributed by atoms with Crippen LogP contribution in [-0.4, -0.2) is 19.1 Å². The third-order valence-corrected chi connectivity index (χ3v) is 1.80. The van der Waals surface area contributed by atoms with E-state index in [0.717, 1.165) is 0 Å². The van der Waals surface area contributed by atoms with Gasteiger partial charge < -0.3 is 10.5 Å². The number of rotatable bonds is 4. The van der Waals surface area contributed by atoms with Gasteiger partial charge in [0.05, 0.1) is 6.61 Å². The Morgan fingerprint density at radius 1 is 1.70 bits per heavy atom. The molecule has 10 heavy (non-hydrogen) atoms. The lowest BCUT2D eigenvalue weighted by Crippen LogP contribution is -2.20. The first kappa shape index (κ1) is 7.54. The Labute approximate surface area is 60.5 Å². The molecule has 0 atom stereocenters. The molecule has 1 aliphatic carbocycles. The van der Waals surface area contributed by atoms with Gasteiger partial charge in [0, 0.05) is 0 Å². The average Bonchev–Trinajstić information content (AvgIpc) is 2.47. The molecule has 1 aliphatic rings. The monoisotopic (exact) mass is 143 g/mol. The summed E-state index contributed by atoms with van der Waals surface area (Å²) in [7, 11) is 0. The molecule has 0 bridgehead atoms. The molecule has 58 valence electrons. The van der Waals surface area contributed by atoms with E-state index in [1.165, 1.54) is 12.8 Å². The fourth-order valence-electron chi connectivity index (χ4n) is 0.756. The van der Waals surface area contributed by atoms with E-state index in [1.807, 2.05) is 0 Å². The molecule has 2 N–H and O–H groups in total. The molecule has 0 radical (unpaired) electrons. The Morgan fingerprint density at radius 3 is 2.70 bits per heavy atom. The molecule has 0 aromatic carbocycles. The van der Waals surface area contributed by atoms with E-state index in [-0.39, 0.29) is 12.5 Å². The molecule has 3 heteroatoms. The van der Waals surface area contributed by atoms with E-state index in [0.29, 0.717) is 12.0 Å². The number of nitrogens with two attached hydrogens (primary N) is 1. The largest absolute Gasteiger partial charge is 0.371 e. The molecule has 0 saturated heterocycles. The number of ether oxygens (including phenoxy) is 1. The van der Waals surface area contributed by atoms with E-state index in [9.17, 15) is 4.79 Å². The zero-order chi connectivity index (χ0) is 7.61. The SMILES string of the molecule is CC1(COCC(N)=O)CC1. The van der Waals surface area contributed by atoms with Crippen molar-refractivity contribution in [2.45, 2.75) is 19.8 Å². The number of primary amides is 1. The van der Waals surface area contributed by atoms with Crippen LogP contribution in [0, 0.1) is 5.41 Å². The number of hydrogen-bond acceptors (Lipinski definition) is 2. The first-order valence-electron chi connectivity index (χ1n) is 3.48. The van der Waals surface area contributed by atoms with Gasteiger partial charge in [0.2, 0.25) is 5.91 Å². The molecule has 0 aromatic heterocycles. The minimum Gasteiger partial charge on any atom is -0.371 e. The van der Waals surface area contributed by atoms with Gasteiger partial charge in [-0.25, -0.2) is 0 Å².